The Morgan fingerprint density at radius 2 is 1.62 bits per heavy atom. The van der Waals surface area contributed by atoms with Crippen molar-refractivity contribution in [2.24, 2.45) is 0 Å². The summed E-state index contributed by atoms with van der Waals surface area (Å²) in [5, 5.41) is 10.9. The molecule has 0 aliphatic rings. The summed E-state index contributed by atoms with van der Waals surface area (Å²) < 4.78 is 13.1. The summed E-state index contributed by atoms with van der Waals surface area (Å²) in [5.74, 6) is 2.47. The summed E-state index contributed by atoms with van der Waals surface area (Å²) >= 11 is 0. The summed E-state index contributed by atoms with van der Waals surface area (Å²) in [7, 11) is 0. The van der Waals surface area contributed by atoms with Crippen LogP contribution in [0.4, 0.5) is 0 Å². The lowest BCUT2D eigenvalue weighted by atomic mass is 10.2. The zero-order valence-electron chi connectivity index (χ0n) is 15.9. The molecule has 2 aromatic heterocycles. The Morgan fingerprint density at radius 3 is 2.38 bits per heavy atom. The average Bonchev–Trinajstić information content (AvgIpc) is 3.16. The van der Waals surface area contributed by atoms with Gasteiger partial charge in [-0.2, -0.15) is 0 Å². The molecular weight excluding hydrogens is 368 g/mol. The predicted molar refractivity (Wildman–Crippen MR) is 108 cm³/mol. The molecule has 0 unspecified atom stereocenters. The van der Waals surface area contributed by atoms with E-state index in [1.807, 2.05) is 60.0 Å². The highest BCUT2D eigenvalue weighted by atomic mass is 16.5. The fraction of sp³-hybridized carbons (Fsp3) is 0.136. The van der Waals surface area contributed by atoms with Gasteiger partial charge in [0.25, 0.3) is 5.91 Å². The van der Waals surface area contributed by atoms with E-state index in [0.717, 1.165) is 11.4 Å². The van der Waals surface area contributed by atoms with Crippen molar-refractivity contribution in [3.05, 3.63) is 84.3 Å². The van der Waals surface area contributed by atoms with E-state index in [1.54, 1.807) is 24.3 Å². The smallest absolute Gasteiger partial charge is 0.258 e. The second-order valence-corrected chi connectivity index (χ2v) is 6.50. The van der Waals surface area contributed by atoms with Crippen molar-refractivity contribution in [3.63, 3.8) is 0 Å². The number of pyridine rings is 1. The van der Waals surface area contributed by atoms with Crippen LogP contribution in [0, 0.1) is 6.92 Å². The van der Waals surface area contributed by atoms with Crippen LogP contribution in [0.1, 0.15) is 11.4 Å². The number of rotatable bonds is 7. The van der Waals surface area contributed by atoms with Crippen molar-refractivity contribution >= 4 is 11.6 Å². The van der Waals surface area contributed by atoms with Crippen molar-refractivity contribution in [1.82, 2.24) is 19.9 Å². The topological polar surface area (TPSA) is 77.8 Å². The van der Waals surface area contributed by atoms with Crippen LogP contribution in [-0.2, 0) is 11.3 Å². The molecule has 29 heavy (non-hydrogen) atoms. The summed E-state index contributed by atoms with van der Waals surface area (Å²) in [6, 6.07) is 20.6. The van der Waals surface area contributed by atoms with Crippen molar-refractivity contribution in [2.75, 3.05) is 6.61 Å². The second kappa shape index (κ2) is 8.43. The van der Waals surface area contributed by atoms with E-state index in [0.29, 0.717) is 17.3 Å². The molecule has 7 nitrogen and oxygen atoms in total. The number of ether oxygens (including phenoxy) is 2. The van der Waals surface area contributed by atoms with Crippen molar-refractivity contribution in [1.29, 1.82) is 0 Å². The summed E-state index contributed by atoms with van der Waals surface area (Å²) in [6.07, 6.45) is 1.85. The van der Waals surface area contributed by atoms with Gasteiger partial charge >= 0.3 is 0 Å². The molecule has 146 valence electrons. The minimum atomic E-state index is -0.238. The van der Waals surface area contributed by atoms with Gasteiger partial charge in [0.1, 0.15) is 17.2 Å². The molecule has 1 N–H and O–H groups in total. The molecule has 1 amide bonds. The number of benzene rings is 2. The SMILES string of the molecule is Cc1ccc(Oc2ccc(OCC(=O)NCc3nnc4ccccn34)cc2)cc1. The van der Waals surface area contributed by atoms with Gasteiger partial charge < -0.3 is 14.8 Å². The fourth-order valence-electron chi connectivity index (χ4n) is 2.74. The number of aryl methyl sites for hydroxylation is 1. The van der Waals surface area contributed by atoms with E-state index in [2.05, 4.69) is 15.5 Å². The Labute approximate surface area is 167 Å². The lowest BCUT2D eigenvalue weighted by Gasteiger charge is -2.09. The number of carbonyl (C=O) groups excluding carboxylic acids is 1. The van der Waals surface area contributed by atoms with Gasteiger partial charge in [0.05, 0.1) is 6.54 Å². The predicted octanol–water partition coefficient (Wildman–Crippen LogP) is 3.53. The van der Waals surface area contributed by atoms with Crippen molar-refractivity contribution in [2.45, 2.75) is 13.5 Å². The molecule has 2 aromatic carbocycles. The molecule has 0 aliphatic heterocycles. The van der Waals surface area contributed by atoms with Crippen molar-refractivity contribution in [3.8, 4) is 17.2 Å². The van der Waals surface area contributed by atoms with Gasteiger partial charge in [0, 0.05) is 6.20 Å². The summed E-state index contributed by atoms with van der Waals surface area (Å²) in [6.45, 7) is 2.21. The van der Waals surface area contributed by atoms with Crippen molar-refractivity contribution < 1.29 is 14.3 Å². The second-order valence-electron chi connectivity index (χ2n) is 6.50. The molecule has 0 saturated carbocycles. The average molecular weight is 388 g/mol. The quantitative estimate of drug-likeness (QED) is 0.524. The number of fused-ring (bicyclic) bond motifs is 1. The maximum Gasteiger partial charge on any atom is 0.258 e. The van der Waals surface area contributed by atoms with Gasteiger partial charge in [-0.1, -0.05) is 23.8 Å². The number of nitrogens with zero attached hydrogens (tertiary/aromatic N) is 3. The monoisotopic (exact) mass is 388 g/mol. The first kappa shape index (κ1) is 18.5. The van der Waals surface area contributed by atoms with E-state index < -0.39 is 0 Å². The van der Waals surface area contributed by atoms with E-state index in [-0.39, 0.29) is 19.1 Å². The van der Waals surface area contributed by atoms with E-state index in [9.17, 15) is 4.79 Å². The number of aromatic nitrogens is 3. The number of amides is 1. The molecule has 7 heteroatoms. The van der Waals surface area contributed by atoms with E-state index >= 15 is 0 Å². The van der Waals surface area contributed by atoms with Crippen LogP contribution in [0.15, 0.2) is 72.9 Å². The van der Waals surface area contributed by atoms with Gasteiger partial charge in [0.2, 0.25) is 0 Å². The van der Waals surface area contributed by atoms with Gasteiger partial charge in [-0.25, -0.2) is 0 Å². The molecule has 2 heterocycles. The third-order valence-corrected chi connectivity index (χ3v) is 4.28. The van der Waals surface area contributed by atoms with Crippen LogP contribution in [0.2, 0.25) is 0 Å². The molecule has 0 atom stereocenters. The van der Waals surface area contributed by atoms with Crippen LogP contribution in [0.25, 0.3) is 5.65 Å². The first-order valence-electron chi connectivity index (χ1n) is 9.20. The Bertz CT molecular complexity index is 1110. The minimum Gasteiger partial charge on any atom is -0.484 e. The molecule has 4 rings (SSSR count). The minimum absolute atomic E-state index is 0.0884. The standard InChI is InChI=1S/C22H20N4O3/c1-16-5-7-18(8-6-16)29-19-11-9-17(10-12-19)28-15-22(27)23-14-21-25-24-20-4-2-3-13-26(20)21/h2-13H,14-15H2,1H3,(H,23,27). The van der Waals surface area contributed by atoms with Crippen LogP contribution in [0.3, 0.4) is 0 Å². The Hall–Kier alpha value is -3.87. The third-order valence-electron chi connectivity index (χ3n) is 4.28. The lowest BCUT2D eigenvalue weighted by Crippen LogP contribution is -2.29. The summed E-state index contributed by atoms with van der Waals surface area (Å²) in [4.78, 5) is 12.1. The number of hydrogen-bond acceptors (Lipinski definition) is 5. The number of hydrogen-bond donors (Lipinski definition) is 1. The van der Waals surface area contributed by atoms with Gasteiger partial charge in [-0.05, 0) is 55.5 Å². The first-order chi connectivity index (χ1) is 14.2. The Morgan fingerprint density at radius 1 is 0.931 bits per heavy atom. The van der Waals surface area contributed by atoms with Crippen LogP contribution in [-0.4, -0.2) is 27.1 Å². The molecule has 4 aromatic rings. The van der Waals surface area contributed by atoms with E-state index in [1.165, 1.54) is 5.56 Å². The zero-order valence-corrected chi connectivity index (χ0v) is 15.9. The molecule has 0 spiro atoms. The zero-order chi connectivity index (χ0) is 20.1. The maximum absolute atomic E-state index is 12.1. The van der Waals surface area contributed by atoms with Crippen LogP contribution in [0.5, 0.6) is 17.2 Å². The first-order valence-corrected chi connectivity index (χ1v) is 9.20. The van der Waals surface area contributed by atoms with E-state index in [4.69, 9.17) is 9.47 Å². The Balaban J connectivity index is 1.26. The molecule has 0 saturated heterocycles. The highest BCUT2D eigenvalue weighted by Crippen LogP contribution is 2.24. The Kier molecular flexibility index (Phi) is 5.38. The number of nitrogens with one attached hydrogen (secondary N) is 1. The summed E-state index contributed by atoms with van der Waals surface area (Å²) in [5.41, 5.74) is 1.91. The van der Waals surface area contributed by atoms with Crippen LogP contribution < -0.4 is 14.8 Å². The third kappa shape index (κ3) is 4.70. The molecule has 0 fully saturated rings. The fourth-order valence-corrected chi connectivity index (χ4v) is 2.74. The number of carbonyl (C=O) groups is 1. The molecule has 0 aliphatic carbocycles. The normalized spacial score (nSPS) is 10.7. The van der Waals surface area contributed by atoms with Gasteiger partial charge in [0.15, 0.2) is 18.1 Å². The maximum atomic E-state index is 12.1. The van der Waals surface area contributed by atoms with Gasteiger partial charge in [-0.15, -0.1) is 10.2 Å². The molecular formula is C22H20N4O3. The van der Waals surface area contributed by atoms with Crippen LogP contribution >= 0.6 is 0 Å². The van der Waals surface area contributed by atoms with Gasteiger partial charge in [-0.3, -0.25) is 9.20 Å². The molecule has 0 radical (unpaired) electrons. The molecule has 0 bridgehead atoms. The highest BCUT2D eigenvalue weighted by Gasteiger charge is 2.08. The highest BCUT2D eigenvalue weighted by molar-refractivity contribution is 5.77. The lowest BCUT2D eigenvalue weighted by molar-refractivity contribution is -0.123. The largest absolute Gasteiger partial charge is 0.484 e.